The summed E-state index contributed by atoms with van der Waals surface area (Å²) in [4.78, 5) is 10.8. The molecule has 3 aliphatic heterocycles. The van der Waals surface area contributed by atoms with Gasteiger partial charge < -0.3 is 15.2 Å². The van der Waals surface area contributed by atoms with Crippen molar-refractivity contribution in [2.45, 2.75) is 50.5 Å². The number of ether oxygens (including phenoxy) is 2. The van der Waals surface area contributed by atoms with E-state index in [1.807, 2.05) is 0 Å². The molecule has 0 saturated carbocycles. The number of hydrogen-bond donors (Lipinski definition) is 1. The van der Waals surface area contributed by atoms with Gasteiger partial charge in [0.2, 0.25) is 11.7 Å². The molecule has 2 aromatic carbocycles. The van der Waals surface area contributed by atoms with Crippen molar-refractivity contribution in [3.8, 4) is 16.9 Å². The lowest BCUT2D eigenvalue weighted by atomic mass is 9.79. The zero-order valence-corrected chi connectivity index (χ0v) is 18.4. The highest BCUT2D eigenvalue weighted by atomic mass is 19.1. The largest absolute Gasteiger partial charge is 0.489 e. The lowest BCUT2D eigenvalue weighted by Crippen LogP contribution is -2.46. The fraction of sp³-hybridized carbons (Fsp3) is 0.458. The summed E-state index contributed by atoms with van der Waals surface area (Å²) in [6.45, 7) is 4.84. The molecule has 3 atom stereocenters. The van der Waals surface area contributed by atoms with Gasteiger partial charge in [0, 0.05) is 31.6 Å². The number of hydroxylamine groups is 2. The summed E-state index contributed by atoms with van der Waals surface area (Å²) in [5.74, 6) is 0.109. The molecule has 0 amide bonds. The maximum Gasteiger partial charge on any atom is 0.221 e. The van der Waals surface area contributed by atoms with Gasteiger partial charge in [0.15, 0.2) is 0 Å². The Morgan fingerprint density at radius 1 is 1.12 bits per heavy atom. The lowest BCUT2D eigenvalue weighted by Gasteiger charge is -2.44. The summed E-state index contributed by atoms with van der Waals surface area (Å²) in [6.07, 6.45) is 2.04. The van der Waals surface area contributed by atoms with E-state index in [2.05, 4.69) is 18.8 Å². The van der Waals surface area contributed by atoms with Gasteiger partial charge in [0.25, 0.3) is 0 Å². The molecule has 0 aromatic heterocycles. The topological polar surface area (TPSA) is 69.3 Å². The Balaban J connectivity index is 1.58. The number of guanidine groups is 1. The number of rotatable bonds is 2. The van der Waals surface area contributed by atoms with Crippen LogP contribution in [0.3, 0.4) is 0 Å². The number of nitrogens with zero attached hydrogens (tertiary/aromatic N) is 2. The van der Waals surface area contributed by atoms with Crippen molar-refractivity contribution >= 4 is 5.96 Å². The lowest BCUT2D eigenvalue weighted by molar-refractivity contribution is -0.198. The fourth-order valence-electron chi connectivity index (χ4n) is 5.01. The summed E-state index contributed by atoms with van der Waals surface area (Å²) in [7, 11) is 1.70. The van der Waals surface area contributed by atoms with E-state index >= 15 is 0 Å². The smallest absolute Gasteiger partial charge is 0.221 e. The fourth-order valence-corrected chi connectivity index (χ4v) is 5.01. The van der Waals surface area contributed by atoms with E-state index in [0.29, 0.717) is 29.9 Å². The maximum atomic E-state index is 14.5. The van der Waals surface area contributed by atoms with Crippen LogP contribution in [-0.2, 0) is 15.3 Å². The molecule has 3 aliphatic rings. The second-order valence-corrected chi connectivity index (χ2v) is 9.40. The molecule has 2 N–H and O–H groups in total. The first-order valence-electron chi connectivity index (χ1n) is 10.8. The average molecular weight is 443 g/mol. The third kappa shape index (κ3) is 3.61. The highest BCUT2D eigenvalue weighted by Gasteiger charge is 2.51. The van der Waals surface area contributed by atoms with Crippen molar-refractivity contribution in [3.63, 3.8) is 0 Å². The molecule has 1 unspecified atom stereocenters. The van der Waals surface area contributed by atoms with Crippen LogP contribution in [0.2, 0.25) is 0 Å². The molecule has 170 valence electrons. The molecule has 1 fully saturated rings. The van der Waals surface area contributed by atoms with Crippen molar-refractivity contribution in [1.29, 1.82) is 0 Å². The number of aliphatic imine (C=N–C) groups is 1. The highest BCUT2D eigenvalue weighted by molar-refractivity contribution is 5.79. The Bertz CT molecular complexity index is 1090. The molecule has 5 rings (SSSR count). The van der Waals surface area contributed by atoms with Gasteiger partial charge >= 0.3 is 0 Å². The molecular formula is C24H27F2N3O3. The molecule has 3 heterocycles. The maximum absolute atomic E-state index is 14.5. The zero-order valence-electron chi connectivity index (χ0n) is 18.4. The summed E-state index contributed by atoms with van der Waals surface area (Å²) in [6, 6.07) is 8.66. The van der Waals surface area contributed by atoms with Crippen LogP contribution in [0.15, 0.2) is 41.4 Å². The number of nitrogens with two attached hydrogens (primary N) is 1. The van der Waals surface area contributed by atoms with Gasteiger partial charge in [0.05, 0.1) is 11.2 Å². The predicted octanol–water partition coefficient (Wildman–Crippen LogP) is 4.33. The average Bonchev–Trinajstić information content (AvgIpc) is 3.02. The molecule has 0 radical (unpaired) electrons. The first-order chi connectivity index (χ1) is 15.2. The molecule has 32 heavy (non-hydrogen) atoms. The standard InChI is InChI=1S/C24H27F2N3O3/c1-23(2)12-15(8-9-30-23)21-13-24(28-22(27)29(3)32-24)18-10-14(4-7-20(18)31-21)17-11-16(25)5-6-19(17)26/h4-7,10-11,15,21H,8-9,12-13H2,1-3H3,(H2,27,28)/t15-,21+,24?/m0/s1. The summed E-state index contributed by atoms with van der Waals surface area (Å²) in [5.41, 5.74) is 6.10. The predicted molar refractivity (Wildman–Crippen MR) is 116 cm³/mol. The van der Waals surface area contributed by atoms with E-state index in [4.69, 9.17) is 20.0 Å². The SMILES string of the molecule is CN1OC2(C[C@H]([C@H]3CCOC(C)(C)C3)Oc3ccc(-c4cc(F)ccc4F)cc32)N=C1N. The Kier molecular flexibility index (Phi) is 4.90. The monoisotopic (exact) mass is 443 g/mol. The van der Waals surface area contributed by atoms with Crippen molar-refractivity contribution in [1.82, 2.24) is 5.06 Å². The minimum absolute atomic E-state index is 0.148. The molecule has 6 nitrogen and oxygen atoms in total. The van der Waals surface area contributed by atoms with E-state index < -0.39 is 17.4 Å². The Morgan fingerprint density at radius 2 is 1.94 bits per heavy atom. The van der Waals surface area contributed by atoms with Crippen molar-refractivity contribution < 1.29 is 23.1 Å². The summed E-state index contributed by atoms with van der Waals surface area (Å²) < 4.78 is 40.6. The van der Waals surface area contributed by atoms with Crippen LogP contribution in [0.25, 0.3) is 11.1 Å². The third-order valence-corrected chi connectivity index (χ3v) is 6.56. The van der Waals surface area contributed by atoms with Crippen LogP contribution >= 0.6 is 0 Å². The molecule has 1 saturated heterocycles. The van der Waals surface area contributed by atoms with Crippen molar-refractivity contribution in [2.75, 3.05) is 13.7 Å². The van der Waals surface area contributed by atoms with E-state index in [1.165, 1.54) is 11.1 Å². The third-order valence-electron chi connectivity index (χ3n) is 6.56. The number of halogens is 2. The van der Waals surface area contributed by atoms with Crippen LogP contribution in [-0.4, -0.2) is 36.4 Å². The molecule has 0 bridgehead atoms. The molecule has 8 heteroatoms. The van der Waals surface area contributed by atoms with Crippen LogP contribution in [0.5, 0.6) is 5.75 Å². The van der Waals surface area contributed by atoms with Gasteiger partial charge in [-0.15, -0.1) is 0 Å². The minimum Gasteiger partial charge on any atom is -0.489 e. The van der Waals surface area contributed by atoms with Crippen LogP contribution < -0.4 is 10.5 Å². The molecule has 0 aliphatic carbocycles. The first-order valence-corrected chi connectivity index (χ1v) is 10.8. The highest BCUT2D eigenvalue weighted by Crippen LogP contribution is 2.50. The quantitative estimate of drug-likeness (QED) is 0.748. The Labute approximate surface area is 185 Å². The van der Waals surface area contributed by atoms with Crippen LogP contribution in [0, 0.1) is 17.6 Å². The van der Waals surface area contributed by atoms with Crippen molar-refractivity contribution in [3.05, 3.63) is 53.6 Å². The van der Waals surface area contributed by atoms with Crippen molar-refractivity contribution in [2.24, 2.45) is 16.6 Å². The first kappa shape index (κ1) is 21.2. The van der Waals surface area contributed by atoms with Crippen LogP contribution in [0.4, 0.5) is 8.78 Å². The van der Waals surface area contributed by atoms with Gasteiger partial charge in [-0.2, -0.15) is 0 Å². The van der Waals surface area contributed by atoms with Gasteiger partial charge in [-0.3, -0.25) is 0 Å². The molecular weight excluding hydrogens is 416 g/mol. The second kappa shape index (κ2) is 7.42. The van der Waals surface area contributed by atoms with Gasteiger partial charge in [-0.25, -0.2) is 23.7 Å². The molecule has 1 spiro atoms. The van der Waals surface area contributed by atoms with E-state index in [0.717, 1.165) is 25.0 Å². The number of fused-ring (bicyclic) bond motifs is 2. The van der Waals surface area contributed by atoms with E-state index in [-0.39, 0.29) is 29.1 Å². The van der Waals surface area contributed by atoms with E-state index in [9.17, 15) is 8.78 Å². The van der Waals surface area contributed by atoms with Gasteiger partial charge in [0.1, 0.15) is 23.5 Å². The van der Waals surface area contributed by atoms with Crippen LogP contribution in [0.1, 0.15) is 38.7 Å². The van der Waals surface area contributed by atoms with E-state index in [1.54, 1.807) is 25.2 Å². The minimum atomic E-state index is -1.08. The normalized spacial score (nSPS) is 28.9. The number of benzene rings is 2. The summed E-state index contributed by atoms with van der Waals surface area (Å²) in [5, 5.41) is 1.44. The zero-order chi connectivity index (χ0) is 22.7. The van der Waals surface area contributed by atoms with Gasteiger partial charge in [-0.1, -0.05) is 6.07 Å². The Morgan fingerprint density at radius 3 is 2.66 bits per heavy atom. The summed E-state index contributed by atoms with van der Waals surface area (Å²) >= 11 is 0. The number of hydrogen-bond acceptors (Lipinski definition) is 6. The molecule has 2 aromatic rings. The second-order valence-electron chi connectivity index (χ2n) is 9.40. The Hall–Kier alpha value is -2.71. The van der Waals surface area contributed by atoms with Gasteiger partial charge in [-0.05, 0) is 62.6 Å².